The number of pyridine rings is 2. The predicted molar refractivity (Wildman–Crippen MR) is 210 cm³/mol. The van der Waals surface area contributed by atoms with Gasteiger partial charge in [-0.05, 0) is 68.8 Å². The van der Waals surface area contributed by atoms with Crippen molar-refractivity contribution in [3.05, 3.63) is 194 Å². The van der Waals surface area contributed by atoms with Crippen molar-refractivity contribution >= 4 is 21.8 Å². The van der Waals surface area contributed by atoms with E-state index in [2.05, 4.69) is 194 Å². The fraction of sp³-hybridized carbons (Fsp3) is 0. The van der Waals surface area contributed by atoms with Crippen molar-refractivity contribution in [3.8, 4) is 67.0 Å². The maximum Gasteiger partial charge on any atom is 0.0978 e. The average molecular weight is 637 g/mol. The fourth-order valence-electron chi connectivity index (χ4n) is 6.96. The Labute approximate surface area is 292 Å². The van der Waals surface area contributed by atoms with Crippen molar-refractivity contribution in [3.63, 3.8) is 0 Å². The Morgan fingerprint density at radius 2 is 0.560 bits per heavy atom. The summed E-state index contributed by atoms with van der Waals surface area (Å²) in [6.07, 6.45) is 0. The molecule has 2 nitrogen and oxygen atoms in total. The molecule has 2 heteroatoms. The summed E-state index contributed by atoms with van der Waals surface area (Å²) >= 11 is 0. The number of hydrogen-bond donors (Lipinski definition) is 0. The van der Waals surface area contributed by atoms with Gasteiger partial charge in [-0.2, -0.15) is 0 Å². The minimum absolute atomic E-state index is 0.891. The van der Waals surface area contributed by atoms with Gasteiger partial charge in [0, 0.05) is 21.9 Å². The van der Waals surface area contributed by atoms with Gasteiger partial charge in [-0.15, -0.1) is 0 Å². The van der Waals surface area contributed by atoms with Gasteiger partial charge in [0.25, 0.3) is 0 Å². The molecule has 0 unspecified atom stereocenters. The lowest BCUT2D eigenvalue weighted by atomic mass is 9.93. The van der Waals surface area contributed by atoms with Gasteiger partial charge in [0.2, 0.25) is 0 Å². The van der Waals surface area contributed by atoms with E-state index < -0.39 is 0 Å². The molecular weight excluding hydrogens is 605 g/mol. The summed E-state index contributed by atoms with van der Waals surface area (Å²) in [4.78, 5) is 10.9. The number of hydrogen-bond acceptors (Lipinski definition) is 2. The molecular formula is C48H32N2. The van der Waals surface area contributed by atoms with Crippen LogP contribution >= 0.6 is 0 Å². The van der Waals surface area contributed by atoms with Crippen LogP contribution in [-0.2, 0) is 0 Å². The Balaban J connectivity index is 1.33. The van der Waals surface area contributed by atoms with Gasteiger partial charge < -0.3 is 0 Å². The zero-order valence-electron chi connectivity index (χ0n) is 27.4. The molecule has 0 N–H and O–H groups in total. The van der Waals surface area contributed by atoms with Gasteiger partial charge in [0.1, 0.15) is 0 Å². The van der Waals surface area contributed by atoms with Crippen molar-refractivity contribution in [2.24, 2.45) is 0 Å². The molecule has 0 aliphatic carbocycles. The Morgan fingerprint density at radius 3 is 0.940 bits per heavy atom. The Hall–Kier alpha value is -6.64. The lowest BCUT2D eigenvalue weighted by molar-refractivity contribution is 1.36. The molecule has 9 rings (SSSR count). The van der Waals surface area contributed by atoms with E-state index in [1.54, 1.807) is 0 Å². The molecule has 0 saturated carbocycles. The summed E-state index contributed by atoms with van der Waals surface area (Å²) in [6.45, 7) is 0. The molecule has 0 atom stereocenters. The minimum atomic E-state index is 0.891. The van der Waals surface area contributed by atoms with E-state index in [1.807, 2.05) is 0 Å². The van der Waals surface area contributed by atoms with Crippen LogP contribution in [0.2, 0.25) is 0 Å². The van der Waals surface area contributed by atoms with E-state index >= 15 is 0 Å². The van der Waals surface area contributed by atoms with Crippen LogP contribution in [0.15, 0.2) is 194 Å². The molecule has 7 aromatic carbocycles. The van der Waals surface area contributed by atoms with Crippen molar-refractivity contribution < 1.29 is 0 Å². The van der Waals surface area contributed by atoms with Crippen LogP contribution in [0.5, 0.6) is 0 Å². The van der Waals surface area contributed by atoms with Crippen molar-refractivity contribution in [1.29, 1.82) is 0 Å². The van der Waals surface area contributed by atoms with Gasteiger partial charge in [-0.25, -0.2) is 9.97 Å². The number of aromatic nitrogens is 2. The third-order valence-corrected chi connectivity index (χ3v) is 9.46. The molecule has 0 spiro atoms. The Kier molecular flexibility index (Phi) is 7.53. The van der Waals surface area contributed by atoms with Crippen molar-refractivity contribution in [1.82, 2.24) is 9.97 Å². The van der Waals surface area contributed by atoms with Crippen LogP contribution < -0.4 is 0 Å². The highest BCUT2D eigenvalue weighted by Gasteiger charge is 2.17. The summed E-state index contributed by atoms with van der Waals surface area (Å²) in [7, 11) is 0. The molecule has 0 fully saturated rings. The molecule has 9 aromatic rings. The molecule has 0 saturated heterocycles. The van der Waals surface area contributed by atoms with Gasteiger partial charge in [0.05, 0.1) is 22.4 Å². The van der Waals surface area contributed by atoms with Crippen LogP contribution in [0, 0.1) is 0 Å². The average Bonchev–Trinajstić information content (AvgIpc) is 3.21. The molecule has 0 radical (unpaired) electrons. The number of rotatable bonds is 6. The molecule has 234 valence electrons. The molecule has 0 aliphatic rings. The Morgan fingerprint density at radius 1 is 0.240 bits per heavy atom. The SMILES string of the molecule is c1ccc(-c2cccc(-c3cc(-c4ccccc4)c4ccc5c(-c6ccccc6)cc(-c6cccc(-c7ccccc7)c6)nc5c4n3)c2)cc1. The topological polar surface area (TPSA) is 25.8 Å². The highest BCUT2D eigenvalue weighted by atomic mass is 14.8. The van der Waals surface area contributed by atoms with Crippen molar-refractivity contribution in [2.45, 2.75) is 0 Å². The molecule has 0 amide bonds. The lowest BCUT2D eigenvalue weighted by Gasteiger charge is -2.16. The lowest BCUT2D eigenvalue weighted by Crippen LogP contribution is -1.96. The van der Waals surface area contributed by atoms with Gasteiger partial charge >= 0.3 is 0 Å². The van der Waals surface area contributed by atoms with E-state index in [-0.39, 0.29) is 0 Å². The summed E-state index contributed by atoms with van der Waals surface area (Å²) < 4.78 is 0. The van der Waals surface area contributed by atoms with Crippen LogP contribution in [-0.4, -0.2) is 9.97 Å². The first-order valence-corrected chi connectivity index (χ1v) is 17.0. The second-order valence-corrected chi connectivity index (χ2v) is 12.6. The maximum atomic E-state index is 5.47. The molecule has 2 heterocycles. The zero-order valence-corrected chi connectivity index (χ0v) is 27.4. The largest absolute Gasteiger partial charge is 0.245 e. The number of fused-ring (bicyclic) bond motifs is 3. The fourth-order valence-corrected chi connectivity index (χ4v) is 6.96. The quantitative estimate of drug-likeness (QED) is 0.170. The van der Waals surface area contributed by atoms with Gasteiger partial charge in [-0.1, -0.05) is 170 Å². The minimum Gasteiger partial charge on any atom is -0.245 e. The van der Waals surface area contributed by atoms with Crippen molar-refractivity contribution in [2.75, 3.05) is 0 Å². The molecule has 2 aromatic heterocycles. The number of benzene rings is 7. The number of nitrogens with zero attached hydrogens (tertiary/aromatic N) is 2. The van der Waals surface area contributed by atoms with E-state index in [1.165, 1.54) is 11.1 Å². The third kappa shape index (κ3) is 5.53. The van der Waals surface area contributed by atoms with E-state index in [4.69, 9.17) is 9.97 Å². The summed E-state index contributed by atoms with van der Waals surface area (Å²) in [6, 6.07) is 68.6. The predicted octanol–water partition coefficient (Wildman–Crippen LogP) is 12.8. The molecule has 0 aliphatic heterocycles. The summed E-state index contributed by atoms with van der Waals surface area (Å²) in [5.41, 5.74) is 15.0. The highest BCUT2D eigenvalue weighted by Crippen LogP contribution is 2.40. The monoisotopic (exact) mass is 636 g/mol. The summed E-state index contributed by atoms with van der Waals surface area (Å²) in [5, 5.41) is 2.15. The maximum absolute atomic E-state index is 5.47. The second kappa shape index (κ2) is 12.8. The molecule has 0 bridgehead atoms. The molecule has 50 heavy (non-hydrogen) atoms. The third-order valence-electron chi connectivity index (χ3n) is 9.46. The van der Waals surface area contributed by atoms with Crippen LogP contribution in [0.1, 0.15) is 0 Å². The van der Waals surface area contributed by atoms with Crippen LogP contribution in [0.3, 0.4) is 0 Å². The van der Waals surface area contributed by atoms with Crippen LogP contribution in [0.4, 0.5) is 0 Å². The normalized spacial score (nSPS) is 11.2. The standard InChI is InChI=1S/C48H32N2/c1-5-15-33(16-6-1)37-23-13-25-39(29-37)45-31-43(35-19-9-3-10-20-35)41-27-28-42-44(36-21-11-4-12-22-36)32-46(50-48(42)47(41)49-45)40-26-14-24-38(30-40)34-17-7-2-8-18-34/h1-32H. The van der Waals surface area contributed by atoms with E-state index in [0.29, 0.717) is 0 Å². The van der Waals surface area contributed by atoms with E-state index in [9.17, 15) is 0 Å². The van der Waals surface area contributed by atoms with E-state index in [0.717, 1.165) is 77.7 Å². The summed E-state index contributed by atoms with van der Waals surface area (Å²) in [5.74, 6) is 0. The van der Waals surface area contributed by atoms with Gasteiger partial charge in [-0.3, -0.25) is 0 Å². The first-order valence-electron chi connectivity index (χ1n) is 17.0. The first kappa shape index (κ1) is 29.5. The Bertz CT molecular complexity index is 2430. The highest BCUT2D eigenvalue weighted by molar-refractivity contribution is 6.13. The smallest absolute Gasteiger partial charge is 0.0978 e. The zero-order chi connectivity index (χ0) is 33.3. The van der Waals surface area contributed by atoms with Crippen LogP contribution in [0.25, 0.3) is 88.8 Å². The second-order valence-electron chi connectivity index (χ2n) is 12.6. The first-order chi connectivity index (χ1) is 24.8. The van der Waals surface area contributed by atoms with Gasteiger partial charge in [0.15, 0.2) is 0 Å².